The number of hydrogen-bond donors (Lipinski definition) is 0. The maximum Gasteiger partial charge on any atom is 0.262 e. The zero-order valence-corrected chi connectivity index (χ0v) is 19.8. The Labute approximate surface area is 201 Å². The highest BCUT2D eigenvalue weighted by molar-refractivity contribution is 7.12. The molecule has 0 spiro atoms. The molecule has 4 rings (SSSR count). The van der Waals surface area contributed by atoms with Gasteiger partial charge in [0.2, 0.25) is 0 Å². The fraction of sp³-hybridized carbons (Fsp3) is 0.240. The van der Waals surface area contributed by atoms with E-state index in [2.05, 4.69) is 5.10 Å². The van der Waals surface area contributed by atoms with Gasteiger partial charge in [-0.1, -0.05) is 18.2 Å². The Kier molecular flexibility index (Phi) is 6.93. The topological polar surface area (TPSA) is 71.4 Å². The fourth-order valence-corrected chi connectivity index (χ4v) is 4.56. The van der Waals surface area contributed by atoms with Gasteiger partial charge in [-0.05, 0) is 47.3 Å². The van der Waals surface area contributed by atoms with Crippen molar-refractivity contribution in [1.82, 2.24) is 9.91 Å². The summed E-state index contributed by atoms with van der Waals surface area (Å²) in [5, 5.41) is 8.01. The van der Waals surface area contributed by atoms with Gasteiger partial charge in [0.05, 0.1) is 30.9 Å². The molecule has 0 radical (unpaired) electrons. The lowest BCUT2D eigenvalue weighted by molar-refractivity contribution is -0.133. The third kappa shape index (κ3) is 4.79. The van der Waals surface area contributed by atoms with E-state index in [1.165, 1.54) is 35.2 Å². The number of rotatable bonds is 7. The highest BCUT2D eigenvalue weighted by Gasteiger charge is 2.34. The molecule has 34 heavy (non-hydrogen) atoms. The summed E-state index contributed by atoms with van der Waals surface area (Å²) < 4.78 is 24.3. The summed E-state index contributed by atoms with van der Waals surface area (Å²) in [5.74, 6) is -0.170. The van der Waals surface area contributed by atoms with Crippen molar-refractivity contribution >= 4 is 28.9 Å². The third-order valence-corrected chi connectivity index (χ3v) is 6.47. The number of nitrogens with zero attached hydrogens (tertiary/aromatic N) is 3. The Hall–Kier alpha value is -3.72. The average molecular weight is 482 g/mol. The van der Waals surface area contributed by atoms with Crippen LogP contribution in [-0.2, 0) is 4.79 Å². The van der Waals surface area contributed by atoms with E-state index in [0.717, 1.165) is 22.2 Å². The first-order valence-electron chi connectivity index (χ1n) is 10.6. The quantitative estimate of drug-likeness (QED) is 0.503. The number of carbonyl (C=O) groups is 2. The zero-order valence-electron chi connectivity index (χ0n) is 19.0. The number of hydrazone groups is 1. The van der Waals surface area contributed by atoms with Crippen LogP contribution in [0.2, 0.25) is 0 Å². The first-order valence-corrected chi connectivity index (χ1v) is 11.5. The van der Waals surface area contributed by atoms with E-state index in [0.29, 0.717) is 17.9 Å². The summed E-state index contributed by atoms with van der Waals surface area (Å²) in [6.07, 6.45) is 0.517. The first-order chi connectivity index (χ1) is 16.4. The van der Waals surface area contributed by atoms with Gasteiger partial charge in [-0.2, -0.15) is 5.10 Å². The molecule has 0 saturated heterocycles. The maximum absolute atomic E-state index is 13.5. The monoisotopic (exact) mass is 481 g/mol. The average Bonchev–Trinajstić information content (AvgIpc) is 3.53. The van der Waals surface area contributed by atoms with Crippen molar-refractivity contribution in [3.63, 3.8) is 0 Å². The third-order valence-electron chi connectivity index (χ3n) is 5.55. The van der Waals surface area contributed by atoms with Gasteiger partial charge in [-0.3, -0.25) is 9.59 Å². The molecule has 2 heterocycles. The highest BCUT2D eigenvalue weighted by atomic mass is 32.1. The van der Waals surface area contributed by atoms with Crippen LogP contribution in [0.3, 0.4) is 0 Å². The molecular formula is C25H24FN3O4S. The number of benzene rings is 2. The smallest absolute Gasteiger partial charge is 0.262 e. The van der Waals surface area contributed by atoms with Crippen LogP contribution in [0.4, 0.5) is 4.39 Å². The first kappa shape index (κ1) is 23.4. The molecule has 0 fully saturated rings. The standard InChI is InChI=1S/C25H24FN3O4S/c1-28(25(31)17-6-4-7-18(26)12-17)15-24(30)29-20(14-19(27-29)23-8-5-11-34-23)16-9-10-21(32-2)22(13-16)33-3/h4-13,20H,14-15H2,1-3H3. The maximum atomic E-state index is 13.5. The Morgan fingerprint density at radius 1 is 1.12 bits per heavy atom. The summed E-state index contributed by atoms with van der Waals surface area (Å²) in [6, 6.07) is 14.4. The molecule has 7 nitrogen and oxygen atoms in total. The van der Waals surface area contributed by atoms with Crippen molar-refractivity contribution in [2.24, 2.45) is 5.10 Å². The SMILES string of the molecule is COc1ccc(C2CC(c3cccs3)=NN2C(=O)CN(C)C(=O)c2cccc(F)c2)cc1OC. The minimum absolute atomic E-state index is 0.177. The van der Waals surface area contributed by atoms with Crippen LogP contribution in [0.25, 0.3) is 0 Å². The van der Waals surface area contributed by atoms with Gasteiger partial charge < -0.3 is 14.4 Å². The number of methoxy groups -OCH3 is 2. The van der Waals surface area contributed by atoms with Gasteiger partial charge in [0.15, 0.2) is 11.5 Å². The molecule has 0 N–H and O–H groups in total. The Bertz CT molecular complexity index is 1230. The van der Waals surface area contributed by atoms with Crippen molar-refractivity contribution < 1.29 is 23.5 Å². The molecule has 1 atom stereocenters. The van der Waals surface area contributed by atoms with E-state index < -0.39 is 11.7 Å². The minimum Gasteiger partial charge on any atom is -0.493 e. The molecular weight excluding hydrogens is 457 g/mol. The predicted octanol–water partition coefficient (Wildman–Crippen LogP) is 4.35. The molecule has 1 aromatic heterocycles. The summed E-state index contributed by atoms with van der Waals surface area (Å²) in [7, 11) is 4.63. The number of ether oxygens (including phenoxy) is 2. The molecule has 9 heteroatoms. The molecule has 176 valence electrons. The van der Waals surface area contributed by atoms with Gasteiger partial charge in [0.1, 0.15) is 12.4 Å². The number of halogens is 1. The summed E-state index contributed by atoms with van der Waals surface area (Å²) in [6.45, 7) is -0.208. The molecule has 1 aliphatic heterocycles. The van der Waals surface area contributed by atoms with E-state index in [1.54, 1.807) is 31.6 Å². The molecule has 0 bridgehead atoms. The van der Waals surface area contributed by atoms with Gasteiger partial charge in [-0.15, -0.1) is 11.3 Å². The second-order valence-corrected chi connectivity index (χ2v) is 8.72. The second-order valence-electron chi connectivity index (χ2n) is 7.77. The molecule has 1 unspecified atom stereocenters. The van der Waals surface area contributed by atoms with Crippen molar-refractivity contribution in [1.29, 1.82) is 0 Å². The summed E-state index contributed by atoms with van der Waals surface area (Å²) >= 11 is 1.55. The van der Waals surface area contributed by atoms with Crippen LogP contribution in [-0.4, -0.2) is 55.2 Å². The molecule has 0 saturated carbocycles. The molecule has 1 aliphatic rings. The van der Waals surface area contributed by atoms with E-state index >= 15 is 0 Å². The van der Waals surface area contributed by atoms with E-state index in [-0.39, 0.29) is 24.1 Å². The number of carbonyl (C=O) groups excluding carboxylic acids is 2. The lowest BCUT2D eigenvalue weighted by Crippen LogP contribution is -2.39. The Morgan fingerprint density at radius 2 is 1.91 bits per heavy atom. The van der Waals surface area contributed by atoms with Crippen molar-refractivity contribution in [2.45, 2.75) is 12.5 Å². The van der Waals surface area contributed by atoms with Gasteiger partial charge in [-0.25, -0.2) is 9.40 Å². The van der Waals surface area contributed by atoms with Crippen LogP contribution >= 0.6 is 11.3 Å². The van der Waals surface area contributed by atoms with Crippen LogP contribution in [0.5, 0.6) is 11.5 Å². The van der Waals surface area contributed by atoms with Gasteiger partial charge in [0, 0.05) is 19.0 Å². The molecule has 3 aromatic rings. The Morgan fingerprint density at radius 3 is 2.59 bits per heavy atom. The second kappa shape index (κ2) is 10.0. The van der Waals surface area contributed by atoms with Crippen molar-refractivity contribution in [3.05, 3.63) is 81.8 Å². The zero-order chi connectivity index (χ0) is 24.2. The number of hydrogen-bond acceptors (Lipinski definition) is 6. The molecule has 0 aliphatic carbocycles. The minimum atomic E-state index is -0.510. The Balaban J connectivity index is 1.60. The normalized spacial score (nSPS) is 15.1. The lowest BCUT2D eigenvalue weighted by atomic mass is 10.0. The summed E-state index contributed by atoms with van der Waals surface area (Å²) in [4.78, 5) is 28.3. The summed E-state index contributed by atoms with van der Waals surface area (Å²) in [5.41, 5.74) is 1.80. The van der Waals surface area contributed by atoms with Crippen LogP contribution in [0.1, 0.15) is 33.3 Å². The number of amides is 2. The van der Waals surface area contributed by atoms with E-state index in [4.69, 9.17) is 9.47 Å². The van der Waals surface area contributed by atoms with Gasteiger partial charge in [0.25, 0.3) is 11.8 Å². The van der Waals surface area contributed by atoms with E-state index in [9.17, 15) is 14.0 Å². The van der Waals surface area contributed by atoms with Crippen LogP contribution in [0, 0.1) is 5.82 Å². The lowest BCUT2D eigenvalue weighted by Gasteiger charge is -2.25. The molecule has 2 amide bonds. The van der Waals surface area contributed by atoms with Gasteiger partial charge >= 0.3 is 0 Å². The van der Waals surface area contributed by atoms with Crippen LogP contribution < -0.4 is 9.47 Å². The fourth-order valence-electron chi connectivity index (χ4n) is 3.84. The number of likely N-dealkylation sites (N-methyl/N-ethyl adjacent to an activating group) is 1. The highest BCUT2D eigenvalue weighted by Crippen LogP contribution is 2.38. The largest absolute Gasteiger partial charge is 0.493 e. The van der Waals surface area contributed by atoms with Crippen LogP contribution in [0.15, 0.2) is 65.1 Å². The van der Waals surface area contributed by atoms with E-state index in [1.807, 2.05) is 29.6 Å². The number of thiophene rings is 1. The predicted molar refractivity (Wildman–Crippen MR) is 128 cm³/mol. The molecule has 2 aromatic carbocycles. The van der Waals surface area contributed by atoms with Crippen molar-refractivity contribution in [3.8, 4) is 11.5 Å². The van der Waals surface area contributed by atoms with Crippen molar-refractivity contribution in [2.75, 3.05) is 27.8 Å².